The minimum Gasteiger partial charge on any atom is -0.493 e. The summed E-state index contributed by atoms with van der Waals surface area (Å²) in [4.78, 5) is 24.3. The Morgan fingerprint density at radius 3 is 2.20 bits per heavy atom. The number of methoxy groups -OCH3 is 2. The van der Waals surface area contributed by atoms with E-state index in [1.165, 1.54) is 20.4 Å². The zero-order valence-electron chi connectivity index (χ0n) is 16.5. The topological polar surface area (TPSA) is 86.2 Å². The van der Waals surface area contributed by atoms with Gasteiger partial charge in [0.1, 0.15) is 5.75 Å². The lowest BCUT2D eigenvalue weighted by atomic mass is 10.2. The standard InChI is InChI=1S/C23H20N2O5/c1-28-20-13-10-18(14-21(20)29-2)23(27)30-19-11-8-16(9-12-19)15-24-25-22(26)17-6-4-3-5-7-17/h3-15H,1-2H3,(H,25,26). The third-order valence-corrected chi connectivity index (χ3v) is 4.13. The number of rotatable bonds is 7. The maximum absolute atomic E-state index is 12.4. The SMILES string of the molecule is COc1ccc(C(=O)Oc2ccc(C=NNC(=O)c3ccccc3)cc2)cc1OC. The highest BCUT2D eigenvalue weighted by atomic mass is 16.5. The second-order valence-corrected chi connectivity index (χ2v) is 6.09. The first-order chi connectivity index (χ1) is 14.6. The van der Waals surface area contributed by atoms with E-state index < -0.39 is 5.97 Å². The molecule has 0 aliphatic rings. The second-order valence-electron chi connectivity index (χ2n) is 6.09. The first-order valence-corrected chi connectivity index (χ1v) is 9.03. The molecule has 0 unspecified atom stereocenters. The van der Waals surface area contributed by atoms with Gasteiger partial charge in [-0.15, -0.1) is 0 Å². The van der Waals surface area contributed by atoms with Crippen LogP contribution in [0.15, 0.2) is 77.9 Å². The van der Waals surface area contributed by atoms with Gasteiger partial charge in [-0.1, -0.05) is 18.2 Å². The predicted molar refractivity (Wildman–Crippen MR) is 112 cm³/mol. The van der Waals surface area contributed by atoms with E-state index in [9.17, 15) is 9.59 Å². The Labute approximate surface area is 173 Å². The van der Waals surface area contributed by atoms with Crippen molar-refractivity contribution >= 4 is 18.1 Å². The zero-order chi connectivity index (χ0) is 21.3. The predicted octanol–water partition coefficient (Wildman–Crippen LogP) is 3.69. The molecule has 0 radical (unpaired) electrons. The summed E-state index contributed by atoms with van der Waals surface area (Å²) >= 11 is 0. The van der Waals surface area contributed by atoms with Crippen LogP contribution in [-0.4, -0.2) is 32.3 Å². The lowest BCUT2D eigenvalue weighted by molar-refractivity contribution is 0.0734. The number of nitrogens with zero attached hydrogens (tertiary/aromatic N) is 1. The van der Waals surface area contributed by atoms with Crippen molar-refractivity contribution in [1.82, 2.24) is 5.43 Å². The Bertz CT molecular complexity index is 1050. The van der Waals surface area contributed by atoms with Crippen molar-refractivity contribution < 1.29 is 23.8 Å². The summed E-state index contributed by atoms with van der Waals surface area (Å²) in [5.74, 6) is 0.521. The Hall–Kier alpha value is -4.13. The van der Waals surface area contributed by atoms with Crippen LogP contribution in [0.3, 0.4) is 0 Å². The van der Waals surface area contributed by atoms with E-state index in [2.05, 4.69) is 10.5 Å². The number of hydrogen-bond acceptors (Lipinski definition) is 6. The molecular weight excluding hydrogens is 384 g/mol. The van der Waals surface area contributed by atoms with Gasteiger partial charge in [-0.25, -0.2) is 10.2 Å². The number of esters is 1. The van der Waals surface area contributed by atoms with E-state index in [-0.39, 0.29) is 5.91 Å². The molecule has 0 spiro atoms. The summed E-state index contributed by atoms with van der Waals surface area (Å²) in [7, 11) is 3.02. The van der Waals surface area contributed by atoms with E-state index in [0.717, 1.165) is 5.56 Å². The second kappa shape index (κ2) is 9.88. The lowest BCUT2D eigenvalue weighted by Crippen LogP contribution is -2.17. The Morgan fingerprint density at radius 1 is 0.833 bits per heavy atom. The van der Waals surface area contributed by atoms with Crippen LogP contribution in [0.5, 0.6) is 17.2 Å². The van der Waals surface area contributed by atoms with E-state index in [1.54, 1.807) is 66.7 Å². The van der Waals surface area contributed by atoms with Crippen molar-refractivity contribution in [3.05, 3.63) is 89.5 Å². The van der Waals surface area contributed by atoms with Crippen LogP contribution < -0.4 is 19.6 Å². The molecule has 0 bridgehead atoms. The first kappa shape index (κ1) is 20.6. The monoisotopic (exact) mass is 404 g/mol. The third-order valence-electron chi connectivity index (χ3n) is 4.13. The van der Waals surface area contributed by atoms with Crippen molar-refractivity contribution in [1.29, 1.82) is 0 Å². The van der Waals surface area contributed by atoms with Gasteiger partial charge in [-0.2, -0.15) is 5.10 Å². The highest BCUT2D eigenvalue weighted by Gasteiger charge is 2.13. The van der Waals surface area contributed by atoms with Gasteiger partial charge < -0.3 is 14.2 Å². The highest BCUT2D eigenvalue weighted by Crippen LogP contribution is 2.28. The van der Waals surface area contributed by atoms with Gasteiger partial charge in [0.15, 0.2) is 11.5 Å². The molecule has 152 valence electrons. The summed E-state index contributed by atoms with van der Waals surface area (Å²) in [5, 5.41) is 3.93. The zero-order valence-corrected chi connectivity index (χ0v) is 16.5. The number of ether oxygens (including phenoxy) is 3. The number of carbonyl (C=O) groups excluding carboxylic acids is 2. The van der Waals surface area contributed by atoms with E-state index in [4.69, 9.17) is 14.2 Å². The minimum atomic E-state index is -0.521. The molecule has 0 aliphatic heterocycles. The molecule has 0 fully saturated rings. The Kier molecular flexibility index (Phi) is 6.78. The number of hydrogen-bond donors (Lipinski definition) is 1. The van der Waals surface area contributed by atoms with Crippen molar-refractivity contribution in [3.63, 3.8) is 0 Å². The van der Waals surface area contributed by atoms with Gasteiger partial charge in [0, 0.05) is 5.56 Å². The fourth-order valence-electron chi connectivity index (χ4n) is 2.57. The summed E-state index contributed by atoms with van der Waals surface area (Å²) in [5.41, 5.74) is 4.05. The van der Waals surface area contributed by atoms with E-state index in [1.807, 2.05) is 6.07 Å². The molecule has 3 aromatic carbocycles. The number of benzene rings is 3. The van der Waals surface area contributed by atoms with Crippen LogP contribution in [-0.2, 0) is 0 Å². The molecule has 7 heteroatoms. The minimum absolute atomic E-state index is 0.299. The normalized spacial score (nSPS) is 10.5. The quantitative estimate of drug-likeness (QED) is 0.281. The van der Waals surface area contributed by atoms with Gasteiger partial charge in [0.2, 0.25) is 0 Å². The molecule has 1 amide bonds. The summed E-state index contributed by atoms with van der Waals surface area (Å²) in [6.45, 7) is 0. The fraction of sp³-hybridized carbons (Fsp3) is 0.0870. The smallest absolute Gasteiger partial charge is 0.343 e. The molecule has 0 aliphatic carbocycles. The number of hydrazone groups is 1. The van der Waals surface area contributed by atoms with Crippen molar-refractivity contribution in [3.8, 4) is 17.2 Å². The van der Waals surface area contributed by atoms with Gasteiger partial charge in [0.05, 0.1) is 26.0 Å². The average molecular weight is 404 g/mol. The Balaban J connectivity index is 1.59. The molecule has 0 saturated carbocycles. The largest absolute Gasteiger partial charge is 0.493 e. The molecule has 7 nitrogen and oxygen atoms in total. The molecule has 0 atom stereocenters. The summed E-state index contributed by atoms with van der Waals surface area (Å²) < 4.78 is 15.7. The number of nitrogens with one attached hydrogen (secondary N) is 1. The van der Waals surface area contributed by atoms with Crippen LogP contribution in [0.4, 0.5) is 0 Å². The van der Waals surface area contributed by atoms with Gasteiger partial charge in [-0.05, 0) is 60.2 Å². The number of carbonyl (C=O) groups is 2. The van der Waals surface area contributed by atoms with Crippen LogP contribution in [0, 0.1) is 0 Å². The van der Waals surface area contributed by atoms with Crippen molar-refractivity contribution in [2.24, 2.45) is 5.10 Å². The molecule has 1 N–H and O–H groups in total. The fourth-order valence-corrected chi connectivity index (χ4v) is 2.57. The van der Waals surface area contributed by atoms with Gasteiger partial charge in [0.25, 0.3) is 5.91 Å². The maximum Gasteiger partial charge on any atom is 0.343 e. The van der Waals surface area contributed by atoms with E-state index >= 15 is 0 Å². The molecule has 0 heterocycles. The molecule has 0 saturated heterocycles. The maximum atomic E-state index is 12.4. The molecular formula is C23H20N2O5. The lowest BCUT2D eigenvalue weighted by Gasteiger charge is -2.09. The molecule has 0 aromatic heterocycles. The van der Waals surface area contributed by atoms with Crippen molar-refractivity contribution in [2.75, 3.05) is 14.2 Å². The van der Waals surface area contributed by atoms with Crippen LogP contribution in [0.2, 0.25) is 0 Å². The van der Waals surface area contributed by atoms with E-state index in [0.29, 0.717) is 28.4 Å². The first-order valence-electron chi connectivity index (χ1n) is 9.03. The summed E-state index contributed by atoms with van der Waals surface area (Å²) in [6.07, 6.45) is 1.50. The third kappa shape index (κ3) is 5.23. The van der Waals surface area contributed by atoms with Gasteiger partial charge >= 0.3 is 5.97 Å². The average Bonchev–Trinajstić information content (AvgIpc) is 2.80. The molecule has 3 rings (SSSR count). The van der Waals surface area contributed by atoms with Crippen molar-refractivity contribution in [2.45, 2.75) is 0 Å². The van der Waals surface area contributed by atoms with Crippen LogP contribution in [0.25, 0.3) is 0 Å². The molecule has 3 aromatic rings. The Morgan fingerprint density at radius 2 is 1.53 bits per heavy atom. The van der Waals surface area contributed by atoms with Gasteiger partial charge in [-0.3, -0.25) is 4.79 Å². The number of amides is 1. The van der Waals surface area contributed by atoms with Crippen LogP contribution in [0.1, 0.15) is 26.3 Å². The highest BCUT2D eigenvalue weighted by molar-refractivity contribution is 5.95. The summed E-state index contributed by atoms with van der Waals surface area (Å²) in [6, 6.07) is 20.3. The van der Waals surface area contributed by atoms with Crippen LogP contribution >= 0.6 is 0 Å². The molecule has 30 heavy (non-hydrogen) atoms.